The van der Waals surface area contributed by atoms with E-state index >= 15 is 0 Å². The second-order valence-corrected chi connectivity index (χ2v) is 4.57. The monoisotopic (exact) mass is 288 g/mol. The molecular formula is C16H17FN2O2. The molecular weight excluding hydrogens is 271 g/mol. The van der Waals surface area contributed by atoms with E-state index in [-0.39, 0.29) is 12.3 Å². The molecule has 2 aromatic carbocycles. The molecule has 0 aliphatic heterocycles. The molecule has 5 heteroatoms. The lowest BCUT2D eigenvalue weighted by molar-refractivity contribution is -0.118. The number of halogens is 1. The van der Waals surface area contributed by atoms with Crippen molar-refractivity contribution in [1.29, 1.82) is 0 Å². The number of nitrogen functional groups attached to an aromatic ring is 1. The number of benzene rings is 2. The smallest absolute Gasteiger partial charge is 0.262 e. The number of nitrogens with two attached hydrogens (primary N) is 1. The van der Waals surface area contributed by atoms with Crippen LogP contribution in [-0.4, -0.2) is 12.5 Å². The van der Waals surface area contributed by atoms with Crippen LogP contribution in [0.3, 0.4) is 0 Å². The van der Waals surface area contributed by atoms with Crippen LogP contribution in [0.15, 0.2) is 42.5 Å². The highest BCUT2D eigenvalue weighted by molar-refractivity contribution is 5.94. The normalized spacial score (nSPS) is 10.2. The molecule has 0 aromatic heterocycles. The highest BCUT2D eigenvalue weighted by Gasteiger charge is 2.07. The first-order valence-electron chi connectivity index (χ1n) is 6.65. The minimum absolute atomic E-state index is 0.164. The van der Waals surface area contributed by atoms with Crippen LogP contribution in [0.4, 0.5) is 15.8 Å². The SMILES string of the molecule is CCc1cccc(OCC(=O)Nc2cc(F)ccc2N)c1. The van der Waals surface area contributed by atoms with Gasteiger partial charge < -0.3 is 15.8 Å². The summed E-state index contributed by atoms with van der Waals surface area (Å²) in [5.41, 5.74) is 7.33. The summed E-state index contributed by atoms with van der Waals surface area (Å²) in [4.78, 5) is 11.8. The number of ether oxygens (including phenoxy) is 1. The van der Waals surface area contributed by atoms with E-state index < -0.39 is 11.7 Å². The Bertz CT molecular complexity index is 644. The zero-order valence-corrected chi connectivity index (χ0v) is 11.7. The van der Waals surface area contributed by atoms with Crippen LogP contribution >= 0.6 is 0 Å². The van der Waals surface area contributed by atoms with E-state index in [9.17, 15) is 9.18 Å². The van der Waals surface area contributed by atoms with E-state index in [1.54, 1.807) is 6.07 Å². The van der Waals surface area contributed by atoms with E-state index in [2.05, 4.69) is 5.32 Å². The Morgan fingerprint density at radius 2 is 2.10 bits per heavy atom. The summed E-state index contributed by atoms with van der Waals surface area (Å²) in [6.45, 7) is 1.88. The average molecular weight is 288 g/mol. The Balaban J connectivity index is 1.94. The van der Waals surface area contributed by atoms with Gasteiger partial charge in [0.15, 0.2) is 6.61 Å². The van der Waals surface area contributed by atoms with Crippen LogP contribution < -0.4 is 15.8 Å². The van der Waals surface area contributed by atoms with Crippen molar-refractivity contribution in [2.75, 3.05) is 17.7 Å². The highest BCUT2D eigenvalue weighted by Crippen LogP contribution is 2.19. The van der Waals surface area contributed by atoms with Crippen LogP contribution in [0.5, 0.6) is 5.75 Å². The first kappa shape index (κ1) is 14.8. The predicted octanol–water partition coefficient (Wildman–Crippen LogP) is 2.99. The van der Waals surface area contributed by atoms with Gasteiger partial charge >= 0.3 is 0 Å². The minimum atomic E-state index is -0.462. The number of hydrogen-bond donors (Lipinski definition) is 2. The molecule has 0 radical (unpaired) electrons. The number of amides is 1. The van der Waals surface area contributed by atoms with E-state index in [0.29, 0.717) is 11.4 Å². The van der Waals surface area contributed by atoms with Gasteiger partial charge in [0.2, 0.25) is 0 Å². The second-order valence-electron chi connectivity index (χ2n) is 4.57. The Labute approximate surface area is 122 Å². The number of nitrogens with one attached hydrogen (secondary N) is 1. The zero-order valence-electron chi connectivity index (χ0n) is 11.7. The summed E-state index contributed by atoms with van der Waals surface area (Å²) in [7, 11) is 0. The van der Waals surface area contributed by atoms with Gasteiger partial charge in [0.25, 0.3) is 5.91 Å². The van der Waals surface area contributed by atoms with E-state index in [1.807, 2.05) is 25.1 Å². The highest BCUT2D eigenvalue weighted by atomic mass is 19.1. The predicted molar refractivity (Wildman–Crippen MR) is 80.8 cm³/mol. The molecule has 0 bridgehead atoms. The summed E-state index contributed by atoms with van der Waals surface area (Å²) in [5, 5.41) is 2.52. The van der Waals surface area contributed by atoms with Crippen LogP contribution in [-0.2, 0) is 11.2 Å². The zero-order chi connectivity index (χ0) is 15.2. The number of rotatable bonds is 5. The van der Waals surface area contributed by atoms with Crippen molar-refractivity contribution in [3.63, 3.8) is 0 Å². The maximum Gasteiger partial charge on any atom is 0.262 e. The van der Waals surface area contributed by atoms with Crippen molar-refractivity contribution in [2.24, 2.45) is 0 Å². The number of anilines is 2. The maximum absolute atomic E-state index is 13.1. The van der Waals surface area contributed by atoms with Gasteiger partial charge in [-0.15, -0.1) is 0 Å². The first-order chi connectivity index (χ1) is 10.1. The third kappa shape index (κ3) is 4.21. The van der Waals surface area contributed by atoms with Crippen molar-refractivity contribution in [2.45, 2.75) is 13.3 Å². The molecule has 0 unspecified atom stereocenters. The molecule has 0 spiro atoms. The largest absolute Gasteiger partial charge is 0.484 e. The molecule has 2 aromatic rings. The fourth-order valence-electron chi connectivity index (χ4n) is 1.83. The third-order valence-electron chi connectivity index (χ3n) is 2.97. The van der Waals surface area contributed by atoms with Crippen LogP contribution in [0.2, 0.25) is 0 Å². The quantitative estimate of drug-likeness (QED) is 0.831. The molecule has 3 N–H and O–H groups in total. The molecule has 110 valence electrons. The molecule has 0 saturated carbocycles. The first-order valence-corrected chi connectivity index (χ1v) is 6.65. The molecule has 21 heavy (non-hydrogen) atoms. The van der Waals surface area contributed by atoms with E-state index in [4.69, 9.17) is 10.5 Å². The van der Waals surface area contributed by atoms with Gasteiger partial charge in [0.1, 0.15) is 11.6 Å². The third-order valence-corrected chi connectivity index (χ3v) is 2.97. The van der Waals surface area contributed by atoms with Gasteiger partial charge in [-0.25, -0.2) is 4.39 Å². The van der Waals surface area contributed by atoms with Crippen LogP contribution in [0.1, 0.15) is 12.5 Å². The lowest BCUT2D eigenvalue weighted by Crippen LogP contribution is -2.21. The van der Waals surface area contributed by atoms with E-state index in [0.717, 1.165) is 12.0 Å². The van der Waals surface area contributed by atoms with Crippen molar-refractivity contribution in [3.05, 3.63) is 53.8 Å². The molecule has 0 aliphatic rings. The second kappa shape index (κ2) is 6.74. The number of carbonyl (C=O) groups excluding carboxylic acids is 1. The standard InChI is InChI=1S/C16H17FN2O2/c1-2-11-4-3-5-13(8-11)21-10-16(20)19-15-9-12(17)6-7-14(15)18/h3-9H,2,10,18H2,1H3,(H,19,20). The van der Waals surface area contributed by atoms with Crippen molar-refractivity contribution < 1.29 is 13.9 Å². The van der Waals surface area contributed by atoms with Gasteiger partial charge in [0.05, 0.1) is 11.4 Å². The summed E-state index contributed by atoms with van der Waals surface area (Å²) >= 11 is 0. The lowest BCUT2D eigenvalue weighted by atomic mass is 10.2. The Hall–Kier alpha value is -2.56. The topological polar surface area (TPSA) is 64.3 Å². The summed E-state index contributed by atoms with van der Waals surface area (Å²) in [6.07, 6.45) is 0.892. The van der Waals surface area contributed by atoms with E-state index in [1.165, 1.54) is 18.2 Å². The maximum atomic E-state index is 13.1. The summed E-state index contributed by atoms with van der Waals surface area (Å²) in [6, 6.07) is 11.3. The Morgan fingerprint density at radius 3 is 2.86 bits per heavy atom. The van der Waals surface area contributed by atoms with Crippen LogP contribution in [0, 0.1) is 5.82 Å². The fourth-order valence-corrected chi connectivity index (χ4v) is 1.83. The fraction of sp³-hybridized carbons (Fsp3) is 0.188. The van der Waals surface area contributed by atoms with Gasteiger partial charge in [-0.3, -0.25) is 4.79 Å². The summed E-state index contributed by atoms with van der Waals surface area (Å²) < 4.78 is 18.5. The van der Waals surface area contributed by atoms with Crippen molar-refractivity contribution in [3.8, 4) is 5.75 Å². The van der Waals surface area contributed by atoms with Gasteiger partial charge in [-0.1, -0.05) is 19.1 Å². The Morgan fingerprint density at radius 1 is 1.29 bits per heavy atom. The molecule has 1 amide bonds. The van der Waals surface area contributed by atoms with Crippen molar-refractivity contribution >= 4 is 17.3 Å². The molecule has 2 rings (SSSR count). The molecule has 4 nitrogen and oxygen atoms in total. The molecule has 0 atom stereocenters. The van der Waals surface area contributed by atoms with Gasteiger partial charge in [-0.2, -0.15) is 0 Å². The van der Waals surface area contributed by atoms with Gasteiger partial charge in [-0.05, 0) is 42.3 Å². The van der Waals surface area contributed by atoms with Crippen LogP contribution in [0.25, 0.3) is 0 Å². The molecule has 0 heterocycles. The minimum Gasteiger partial charge on any atom is -0.484 e. The van der Waals surface area contributed by atoms with Gasteiger partial charge in [0, 0.05) is 0 Å². The Kier molecular flexibility index (Phi) is 4.77. The number of carbonyl (C=O) groups is 1. The number of hydrogen-bond acceptors (Lipinski definition) is 3. The molecule has 0 fully saturated rings. The summed E-state index contributed by atoms with van der Waals surface area (Å²) in [5.74, 6) is -0.234. The molecule has 0 aliphatic carbocycles. The van der Waals surface area contributed by atoms with Crippen molar-refractivity contribution in [1.82, 2.24) is 0 Å². The molecule has 0 saturated heterocycles. The lowest BCUT2D eigenvalue weighted by Gasteiger charge is -2.10. The average Bonchev–Trinajstić information content (AvgIpc) is 2.49. The number of aryl methyl sites for hydroxylation is 1.